The van der Waals surface area contributed by atoms with Gasteiger partial charge in [0.15, 0.2) is 0 Å². The van der Waals surface area contributed by atoms with Gasteiger partial charge in [0, 0.05) is 12.6 Å². The Bertz CT molecular complexity index is 361. The van der Waals surface area contributed by atoms with Crippen molar-refractivity contribution in [3.63, 3.8) is 0 Å². The van der Waals surface area contributed by atoms with Gasteiger partial charge in [0.25, 0.3) is 0 Å². The van der Waals surface area contributed by atoms with E-state index in [1.807, 2.05) is 18.2 Å². The third-order valence-electron chi connectivity index (χ3n) is 3.43. The fraction of sp³-hybridized carbons (Fsp3) is 0.571. The maximum Gasteiger partial charge on any atom is 0.220 e. The van der Waals surface area contributed by atoms with E-state index in [0.29, 0.717) is 18.9 Å². The van der Waals surface area contributed by atoms with Crippen LogP contribution in [0.5, 0.6) is 0 Å². The van der Waals surface area contributed by atoms with E-state index in [1.165, 1.54) is 12.8 Å². The van der Waals surface area contributed by atoms with Gasteiger partial charge in [-0.2, -0.15) is 0 Å². The van der Waals surface area contributed by atoms with Crippen LogP contribution in [0.1, 0.15) is 31.4 Å². The fourth-order valence-electron chi connectivity index (χ4n) is 2.29. The van der Waals surface area contributed by atoms with Gasteiger partial charge in [-0.1, -0.05) is 6.07 Å². The summed E-state index contributed by atoms with van der Waals surface area (Å²) < 4.78 is 0. The smallest absolute Gasteiger partial charge is 0.220 e. The van der Waals surface area contributed by atoms with E-state index >= 15 is 0 Å². The maximum absolute atomic E-state index is 11.7. The molecule has 1 amide bonds. The molecule has 0 radical (unpaired) electrons. The number of amides is 1. The highest BCUT2D eigenvalue weighted by atomic mass is 16.1. The van der Waals surface area contributed by atoms with Crippen LogP contribution >= 0.6 is 0 Å². The summed E-state index contributed by atoms with van der Waals surface area (Å²) in [5.74, 6) is 0.853. The Morgan fingerprint density at radius 3 is 2.94 bits per heavy atom. The molecule has 0 atom stereocenters. The van der Waals surface area contributed by atoms with E-state index in [0.717, 1.165) is 25.2 Å². The Labute approximate surface area is 108 Å². The lowest BCUT2D eigenvalue weighted by Crippen LogP contribution is -2.29. The van der Waals surface area contributed by atoms with Crippen molar-refractivity contribution < 1.29 is 4.79 Å². The van der Waals surface area contributed by atoms with Crippen LogP contribution in [-0.2, 0) is 11.3 Å². The number of hydrogen-bond donors (Lipinski definition) is 2. The van der Waals surface area contributed by atoms with Crippen LogP contribution in [-0.4, -0.2) is 24.0 Å². The molecule has 4 nitrogen and oxygen atoms in total. The average molecular weight is 247 g/mol. The summed E-state index contributed by atoms with van der Waals surface area (Å²) in [7, 11) is 0. The minimum absolute atomic E-state index is 0.138. The van der Waals surface area contributed by atoms with Crippen LogP contribution < -0.4 is 10.6 Å². The lowest BCUT2D eigenvalue weighted by molar-refractivity contribution is -0.121. The first-order valence-corrected chi connectivity index (χ1v) is 6.72. The van der Waals surface area contributed by atoms with E-state index in [4.69, 9.17) is 0 Å². The molecular formula is C14H21N3O. The van der Waals surface area contributed by atoms with Crippen molar-refractivity contribution in [3.8, 4) is 0 Å². The van der Waals surface area contributed by atoms with Gasteiger partial charge in [-0.05, 0) is 50.4 Å². The van der Waals surface area contributed by atoms with E-state index in [2.05, 4.69) is 15.6 Å². The molecule has 18 heavy (non-hydrogen) atoms. The molecule has 2 N–H and O–H groups in total. The number of nitrogens with one attached hydrogen (secondary N) is 2. The van der Waals surface area contributed by atoms with Crippen LogP contribution in [0.4, 0.5) is 0 Å². The van der Waals surface area contributed by atoms with Gasteiger partial charge in [-0.3, -0.25) is 9.78 Å². The quantitative estimate of drug-likeness (QED) is 0.828. The molecule has 0 aliphatic carbocycles. The van der Waals surface area contributed by atoms with Gasteiger partial charge in [0.05, 0.1) is 12.2 Å². The summed E-state index contributed by atoms with van der Waals surface area (Å²) in [6.07, 6.45) is 5.80. The molecule has 1 aliphatic rings. The van der Waals surface area contributed by atoms with E-state index in [9.17, 15) is 4.79 Å². The van der Waals surface area contributed by atoms with Gasteiger partial charge >= 0.3 is 0 Å². The van der Waals surface area contributed by atoms with Crippen LogP contribution in [0.2, 0.25) is 0 Å². The zero-order valence-electron chi connectivity index (χ0n) is 10.7. The predicted molar refractivity (Wildman–Crippen MR) is 70.9 cm³/mol. The van der Waals surface area contributed by atoms with Crippen molar-refractivity contribution in [2.75, 3.05) is 13.1 Å². The molecule has 0 unspecified atom stereocenters. The molecule has 0 saturated carbocycles. The standard InChI is InChI=1S/C14H21N3O/c18-14(5-4-12-6-9-15-10-7-12)17-11-13-3-1-2-8-16-13/h1-3,8,12,15H,4-7,9-11H2,(H,17,18). The van der Waals surface area contributed by atoms with E-state index in [-0.39, 0.29) is 5.91 Å². The number of hydrogen-bond acceptors (Lipinski definition) is 3. The molecule has 2 heterocycles. The first kappa shape index (κ1) is 13.0. The molecule has 1 fully saturated rings. The van der Waals surface area contributed by atoms with Gasteiger partial charge < -0.3 is 10.6 Å². The monoisotopic (exact) mass is 247 g/mol. The van der Waals surface area contributed by atoms with Gasteiger partial charge in [-0.15, -0.1) is 0 Å². The number of piperidine rings is 1. The highest BCUT2D eigenvalue weighted by Crippen LogP contribution is 2.17. The number of rotatable bonds is 5. The lowest BCUT2D eigenvalue weighted by atomic mass is 9.93. The van der Waals surface area contributed by atoms with Gasteiger partial charge in [-0.25, -0.2) is 0 Å². The van der Waals surface area contributed by atoms with Crippen LogP contribution in [0.25, 0.3) is 0 Å². The molecule has 0 spiro atoms. The lowest BCUT2D eigenvalue weighted by Gasteiger charge is -2.22. The molecule has 0 aromatic carbocycles. The van der Waals surface area contributed by atoms with Crippen molar-refractivity contribution in [2.45, 2.75) is 32.2 Å². The predicted octanol–water partition coefficient (Wildman–Crippen LogP) is 1.48. The Morgan fingerprint density at radius 1 is 1.39 bits per heavy atom. The number of carbonyl (C=O) groups excluding carboxylic acids is 1. The van der Waals surface area contributed by atoms with Gasteiger partial charge in [0.2, 0.25) is 5.91 Å². The van der Waals surface area contributed by atoms with Crippen LogP contribution in [0.15, 0.2) is 24.4 Å². The molecule has 4 heteroatoms. The summed E-state index contributed by atoms with van der Waals surface area (Å²) in [5.41, 5.74) is 0.910. The number of pyridine rings is 1. The van der Waals surface area contributed by atoms with E-state index in [1.54, 1.807) is 6.20 Å². The maximum atomic E-state index is 11.7. The van der Waals surface area contributed by atoms with Crippen LogP contribution in [0, 0.1) is 5.92 Å². The van der Waals surface area contributed by atoms with Gasteiger partial charge in [0.1, 0.15) is 0 Å². The molecule has 0 bridgehead atoms. The zero-order chi connectivity index (χ0) is 12.6. The van der Waals surface area contributed by atoms with Crippen molar-refractivity contribution in [2.24, 2.45) is 5.92 Å². The van der Waals surface area contributed by atoms with Crippen molar-refractivity contribution >= 4 is 5.91 Å². The molecule has 2 rings (SSSR count). The molecule has 1 aliphatic heterocycles. The normalized spacial score (nSPS) is 16.4. The Kier molecular flexibility index (Phi) is 5.15. The highest BCUT2D eigenvalue weighted by Gasteiger charge is 2.14. The average Bonchev–Trinajstić information content (AvgIpc) is 2.45. The summed E-state index contributed by atoms with van der Waals surface area (Å²) in [6.45, 7) is 2.73. The second kappa shape index (κ2) is 7.11. The second-order valence-corrected chi connectivity index (χ2v) is 4.83. The molecule has 1 aromatic rings. The Hall–Kier alpha value is -1.42. The molecule has 1 aromatic heterocycles. The minimum atomic E-state index is 0.138. The first-order valence-electron chi connectivity index (χ1n) is 6.72. The SMILES string of the molecule is O=C(CCC1CCNCC1)NCc1ccccn1. The summed E-state index contributed by atoms with van der Waals surface area (Å²) in [6, 6.07) is 5.74. The summed E-state index contributed by atoms with van der Waals surface area (Å²) in [4.78, 5) is 15.9. The molecule has 1 saturated heterocycles. The largest absolute Gasteiger partial charge is 0.350 e. The van der Waals surface area contributed by atoms with Crippen molar-refractivity contribution in [3.05, 3.63) is 30.1 Å². The van der Waals surface area contributed by atoms with Crippen LogP contribution in [0.3, 0.4) is 0 Å². The van der Waals surface area contributed by atoms with Crippen molar-refractivity contribution in [1.82, 2.24) is 15.6 Å². The minimum Gasteiger partial charge on any atom is -0.350 e. The second-order valence-electron chi connectivity index (χ2n) is 4.83. The molecular weight excluding hydrogens is 226 g/mol. The fourth-order valence-corrected chi connectivity index (χ4v) is 2.29. The van der Waals surface area contributed by atoms with Crippen molar-refractivity contribution in [1.29, 1.82) is 0 Å². The third-order valence-corrected chi connectivity index (χ3v) is 3.43. The third kappa shape index (κ3) is 4.45. The Morgan fingerprint density at radius 2 is 2.22 bits per heavy atom. The Balaban J connectivity index is 1.63. The number of carbonyl (C=O) groups is 1. The zero-order valence-corrected chi connectivity index (χ0v) is 10.7. The summed E-state index contributed by atoms with van der Waals surface area (Å²) in [5, 5.41) is 6.26. The number of nitrogens with zero attached hydrogens (tertiary/aromatic N) is 1. The van der Waals surface area contributed by atoms with E-state index < -0.39 is 0 Å². The first-order chi connectivity index (χ1) is 8.84. The molecule has 98 valence electrons. The topological polar surface area (TPSA) is 54.0 Å². The number of aromatic nitrogens is 1. The summed E-state index contributed by atoms with van der Waals surface area (Å²) >= 11 is 0. The highest BCUT2D eigenvalue weighted by molar-refractivity contribution is 5.75.